The summed E-state index contributed by atoms with van der Waals surface area (Å²) >= 11 is 3.36. The first-order chi connectivity index (χ1) is 8.69. The van der Waals surface area contributed by atoms with Crippen LogP contribution in [0.5, 0.6) is 11.5 Å². The topological polar surface area (TPSA) is 44.5 Å². The zero-order valence-electron chi connectivity index (χ0n) is 10.0. The summed E-state index contributed by atoms with van der Waals surface area (Å²) in [7, 11) is 1.64. The fourth-order valence-corrected chi connectivity index (χ4v) is 1.77. The molecule has 94 valence electrons. The van der Waals surface area contributed by atoms with Gasteiger partial charge in [-0.1, -0.05) is 6.07 Å². The molecule has 0 aliphatic rings. The van der Waals surface area contributed by atoms with Crippen LogP contribution >= 0.6 is 15.9 Å². The molecule has 2 aromatic rings. The molecule has 3 nitrogen and oxygen atoms in total. The van der Waals surface area contributed by atoms with E-state index in [2.05, 4.69) is 15.9 Å². The van der Waals surface area contributed by atoms with Crippen LogP contribution in [0.3, 0.4) is 0 Å². The van der Waals surface area contributed by atoms with E-state index in [4.69, 9.17) is 15.2 Å². The van der Waals surface area contributed by atoms with Crippen molar-refractivity contribution in [2.75, 3.05) is 12.8 Å². The van der Waals surface area contributed by atoms with Gasteiger partial charge in [-0.25, -0.2) is 0 Å². The van der Waals surface area contributed by atoms with Gasteiger partial charge in [-0.05, 0) is 57.9 Å². The predicted molar refractivity (Wildman–Crippen MR) is 75.9 cm³/mol. The van der Waals surface area contributed by atoms with E-state index >= 15 is 0 Å². The molecule has 0 bridgehead atoms. The highest BCUT2D eigenvalue weighted by Crippen LogP contribution is 2.22. The van der Waals surface area contributed by atoms with Gasteiger partial charge in [0.15, 0.2) is 0 Å². The molecule has 2 N–H and O–H groups in total. The highest BCUT2D eigenvalue weighted by Gasteiger charge is 2.00. The summed E-state index contributed by atoms with van der Waals surface area (Å²) in [5.41, 5.74) is 7.56. The minimum Gasteiger partial charge on any atom is -0.497 e. The number of anilines is 1. The number of nitrogens with two attached hydrogens (primary N) is 1. The molecule has 0 atom stereocenters. The molecule has 2 rings (SSSR count). The Balaban J connectivity index is 1.99. The van der Waals surface area contributed by atoms with Crippen LogP contribution in [-0.4, -0.2) is 7.11 Å². The molecule has 0 radical (unpaired) electrons. The summed E-state index contributed by atoms with van der Waals surface area (Å²) in [5, 5.41) is 0. The lowest BCUT2D eigenvalue weighted by Gasteiger charge is -2.08. The fraction of sp³-hybridized carbons (Fsp3) is 0.143. The Kier molecular flexibility index (Phi) is 4.10. The summed E-state index contributed by atoms with van der Waals surface area (Å²) in [6.07, 6.45) is 0. The van der Waals surface area contributed by atoms with Crippen LogP contribution in [0.25, 0.3) is 0 Å². The van der Waals surface area contributed by atoms with Gasteiger partial charge in [-0.15, -0.1) is 0 Å². The van der Waals surface area contributed by atoms with Crippen molar-refractivity contribution in [3.63, 3.8) is 0 Å². The predicted octanol–water partition coefficient (Wildman–Crippen LogP) is 3.62. The van der Waals surface area contributed by atoms with Gasteiger partial charge in [0.05, 0.1) is 7.11 Å². The Morgan fingerprint density at radius 3 is 2.33 bits per heavy atom. The van der Waals surface area contributed by atoms with Crippen molar-refractivity contribution >= 4 is 21.6 Å². The summed E-state index contributed by atoms with van der Waals surface area (Å²) in [5.74, 6) is 1.62. The van der Waals surface area contributed by atoms with Gasteiger partial charge >= 0.3 is 0 Å². The van der Waals surface area contributed by atoms with E-state index < -0.39 is 0 Å². The second-order valence-corrected chi connectivity index (χ2v) is 4.67. The summed E-state index contributed by atoms with van der Waals surface area (Å²) in [4.78, 5) is 0. The van der Waals surface area contributed by atoms with Crippen molar-refractivity contribution in [2.24, 2.45) is 0 Å². The van der Waals surface area contributed by atoms with Gasteiger partial charge in [0.2, 0.25) is 0 Å². The number of ether oxygens (including phenoxy) is 2. The molecule has 0 spiro atoms. The normalized spacial score (nSPS) is 10.1. The summed E-state index contributed by atoms with van der Waals surface area (Å²) < 4.78 is 11.6. The third kappa shape index (κ3) is 3.17. The van der Waals surface area contributed by atoms with E-state index in [0.717, 1.165) is 21.5 Å². The highest BCUT2D eigenvalue weighted by atomic mass is 79.9. The zero-order valence-corrected chi connectivity index (χ0v) is 11.6. The minimum atomic E-state index is 0.490. The van der Waals surface area contributed by atoms with E-state index in [1.807, 2.05) is 42.5 Å². The fourth-order valence-electron chi connectivity index (χ4n) is 1.52. The van der Waals surface area contributed by atoms with Gasteiger partial charge in [-0.3, -0.25) is 0 Å². The molecule has 0 aliphatic carbocycles. The molecule has 4 heteroatoms. The zero-order chi connectivity index (χ0) is 13.0. The number of methoxy groups -OCH3 is 1. The summed E-state index contributed by atoms with van der Waals surface area (Å²) in [6, 6.07) is 13.3. The lowest BCUT2D eigenvalue weighted by Crippen LogP contribution is -1.97. The van der Waals surface area contributed by atoms with Crippen LogP contribution in [0, 0.1) is 0 Å². The molecule has 0 aromatic heterocycles. The third-order valence-corrected chi connectivity index (χ3v) is 3.25. The third-order valence-electron chi connectivity index (χ3n) is 2.53. The largest absolute Gasteiger partial charge is 0.497 e. The van der Waals surface area contributed by atoms with Crippen LogP contribution in [0.15, 0.2) is 46.9 Å². The van der Waals surface area contributed by atoms with Gasteiger partial charge in [0.25, 0.3) is 0 Å². The molecule has 0 aliphatic heterocycles. The van der Waals surface area contributed by atoms with Crippen LogP contribution in [0.2, 0.25) is 0 Å². The number of hydrogen-bond acceptors (Lipinski definition) is 3. The first kappa shape index (κ1) is 12.8. The average Bonchev–Trinajstić information content (AvgIpc) is 2.41. The maximum atomic E-state index is 5.81. The van der Waals surface area contributed by atoms with E-state index in [1.165, 1.54) is 0 Å². The molecular weight excluding hydrogens is 294 g/mol. The first-order valence-corrected chi connectivity index (χ1v) is 6.29. The highest BCUT2D eigenvalue weighted by molar-refractivity contribution is 9.10. The molecule has 2 aromatic carbocycles. The van der Waals surface area contributed by atoms with Crippen molar-refractivity contribution < 1.29 is 9.47 Å². The van der Waals surface area contributed by atoms with Crippen molar-refractivity contribution in [1.29, 1.82) is 0 Å². The standard InChI is InChI=1S/C14H14BrNO2/c1-17-11-3-5-12(6-4-11)18-9-10-2-7-13(15)14(16)8-10/h2-8H,9,16H2,1H3. The van der Waals surface area contributed by atoms with Gasteiger partial charge in [0.1, 0.15) is 18.1 Å². The van der Waals surface area contributed by atoms with Crippen LogP contribution < -0.4 is 15.2 Å². The van der Waals surface area contributed by atoms with Gasteiger partial charge < -0.3 is 15.2 Å². The first-order valence-electron chi connectivity index (χ1n) is 5.50. The second-order valence-electron chi connectivity index (χ2n) is 3.82. The molecule has 18 heavy (non-hydrogen) atoms. The van der Waals surface area contributed by atoms with Crippen molar-refractivity contribution in [3.05, 3.63) is 52.5 Å². The van der Waals surface area contributed by atoms with E-state index in [1.54, 1.807) is 7.11 Å². The maximum absolute atomic E-state index is 5.81. The number of halogens is 1. The lowest BCUT2D eigenvalue weighted by molar-refractivity contribution is 0.305. The number of nitrogen functional groups attached to an aromatic ring is 1. The van der Waals surface area contributed by atoms with Gasteiger partial charge in [0, 0.05) is 10.2 Å². The SMILES string of the molecule is COc1ccc(OCc2ccc(Br)c(N)c2)cc1. The Morgan fingerprint density at radius 1 is 1.06 bits per heavy atom. The van der Waals surface area contributed by atoms with Crippen LogP contribution in [0.4, 0.5) is 5.69 Å². The van der Waals surface area contributed by atoms with Crippen molar-refractivity contribution in [2.45, 2.75) is 6.61 Å². The molecule has 0 saturated heterocycles. The second kappa shape index (κ2) is 5.78. The Hall–Kier alpha value is -1.68. The monoisotopic (exact) mass is 307 g/mol. The number of benzene rings is 2. The number of hydrogen-bond donors (Lipinski definition) is 1. The molecule has 0 amide bonds. The quantitative estimate of drug-likeness (QED) is 0.877. The van der Waals surface area contributed by atoms with E-state index in [-0.39, 0.29) is 0 Å². The van der Waals surface area contributed by atoms with Crippen molar-refractivity contribution in [3.8, 4) is 11.5 Å². The maximum Gasteiger partial charge on any atom is 0.120 e. The summed E-state index contributed by atoms with van der Waals surface area (Å²) in [6.45, 7) is 0.490. The van der Waals surface area contributed by atoms with E-state index in [0.29, 0.717) is 12.3 Å². The van der Waals surface area contributed by atoms with E-state index in [9.17, 15) is 0 Å². The lowest BCUT2D eigenvalue weighted by atomic mass is 10.2. The number of rotatable bonds is 4. The molecular formula is C14H14BrNO2. The van der Waals surface area contributed by atoms with Crippen LogP contribution in [0.1, 0.15) is 5.56 Å². The molecule has 0 fully saturated rings. The smallest absolute Gasteiger partial charge is 0.120 e. The Bertz CT molecular complexity index is 526. The minimum absolute atomic E-state index is 0.490. The van der Waals surface area contributed by atoms with Gasteiger partial charge in [-0.2, -0.15) is 0 Å². The Morgan fingerprint density at radius 2 is 1.72 bits per heavy atom. The van der Waals surface area contributed by atoms with Crippen molar-refractivity contribution in [1.82, 2.24) is 0 Å². The Labute approximate surface area is 115 Å². The molecule has 0 saturated carbocycles. The molecule has 0 heterocycles. The molecule has 0 unspecified atom stereocenters. The van der Waals surface area contributed by atoms with Crippen LogP contribution in [-0.2, 0) is 6.61 Å². The average molecular weight is 308 g/mol.